The van der Waals surface area contributed by atoms with Crippen molar-refractivity contribution >= 4 is 28.4 Å². The van der Waals surface area contributed by atoms with Gasteiger partial charge >= 0.3 is 5.69 Å². The van der Waals surface area contributed by atoms with Gasteiger partial charge in [0.25, 0.3) is 0 Å². The maximum Gasteiger partial charge on any atom is 0.326 e. The topological polar surface area (TPSA) is 111 Å². The second-order valence-electron chi connectivity index (χ2n) is 6.42. The Bertz CT molecular complexity index is 1020. The average Bonchev–Trinajstić information content (AvgIpc) is 3.13. The number of aromatic amines is 2. The zero-order valence-electron chi connectivity index (χ0n) is 13.6. The van der Waals surface area contributed by atoms with Crippen LogP contribution in [0.4, 0.5) is 0 Å². The fourth-order valence-electron chi connectivity index (χ4n) is 3.78. The molecule has 2 N–H and O–H groups in total. The Labute approximate surface area is 143 Å². The van der Waals surface area contributed by atoms with E-state index in [1.807, 2.05) is 17.0 Å². The van der Waals surface area contributed by atoms with Crippen LogP contribution in [0.1, 0.15) is 25.3 Å². The van der Waals surface area contributed by atoms with Gasteiger partial charge in [0.2, 0.25) is 0 Å². The van der Waals surface area contributed by atoms with E-state index in [-0.39, 0.29) is 11.7 Å². The summed E-state index contributed by atoms with van der Waals surface area (Å²) in [6.45, 7) is 1.18. The highest BCUT2D eigenvalue weighted by Gasteiger charge is 2.27. The van der Waals surface area contributed by atoms with Crippen molar-refractivity contribution in [3.63, 3.8) is 0 Å². The monoisotopic (exact) mass is 338 g/mol. The molecule has 0 saturated carbocycles. The maximum atomic E-state index is 12.6. The van der Waals surface area contributed by atoms with Gasteiger partial charge in [-0.3, -0.25) is 9.47 Å². The van der Waals surface area contributed by atoms with E-state index in [1.165, 1.54) is 0 Å². The molecule has 8 nitrogen and oxygen atoms in total. The SMILES string of the molecule is N#CC(C=O)N1CCCCC(n2c(=O)[nH]c3cnc4[nH]ccc4c32)C1. The number of fused-ring (bicyclic) bond motifs is 3. The minimum absolute atomic E-state index is 0.0972. The smallest absolute Gasteiger partial charge is 0.326 e. The molecule has 128 valence electrons. The molecule has 1 aliphatic rings. The summed E-state index contributed by atoms with van der Waals surface area (Å²) in [6.07, 6.45) is 6.81. The molecule has 0 radical (unpaired) electrons. The van der Waals surface area contributed by atoms with Crippen LogP contribution >= 0.6 is 0 Å². The van der Waals surface area contributed by atoms with Gasteiger partial charge in [-0.05, 0) is 25.5 Å². The molecule has 0 bridgehead atoms. The van der Waals surface area contributed by atoms with Gasteiger partial charge in [0, 0.05) is 18.1 Å². The first-order chi connectivity index (χ1) is 12.2. The second kappa shape index (κ2) is 6.18. The van der Waals surface area contributed by atoms with Crippen LogP contribution in [-0.2, 0) is 4.79 Å². The lowest BCUT2D eigenvalue weighted by atomic mass is 10.1. The van der Waals surface area contributed by atoms with Gasteiger partial charge in [-0.1, -0.05) is 6.42 Å². The molecule has 0 spiro atoms. The molecular formula is C17H18N6O2. The standard InChI is InChI=1S/C17H18N6O2/c18-7-12(10-24)22-6-2-1-3-11(9-22)23-15-13-4-5-19-16(13)20-8-14(15)21-17(23)25/h4-5,8,10-12H,1-3,6,9H2,(H,19,20)(H,21,25). The number of carbonyl (C=O) groups excluding carboxylic acids is 1. The van der Waals surface area contributed by atoms with Gasteiger partial charge in [0.15, 0.2) is 12.3 Å². The highest BCUT2D eigenvalue weighted by molar-refractivity contribution is 6.00. The predicted octanol–water partition coefficient (Wildman–Crippen LogP) is 1.32. The number of H-pyrrole nitrogens is 2. The Morgan fingerprint density at radius 2 is 2.32 bits per heavy atom. The third-order valence-corrected chi connectivity index (χ3v) is 4.96. The molecule has 1 fully saturated rings. The van der Waals surface area contributed by atoms with Crippen molar-refractivity contribution in [3.05, 3.63) is 28.9 Å². The van der Waals surface area contributed by atoms with Crippen molar-refractivity contribution in [3.8, 4) is 6.07 Å². The van der Waals surface area contributed by atoms with Crippen molar-refractivity contribution < 1.29 is 4.79 Å². The molecule has 1 saturated heterocycles. The molecule has 0 amide bonds. The number of hydrogen-bond acceptors (Lipinski definition) is 5. The van der Waals surface area contributed by atoms with Gasteiger partial charge in [0.1, 0.15) is 5.65 Å². The summed E-state index contributed by atoms with van der Waals surface area (Å²) in [4.78, 5) is 36.0. The fraction of sp³-hybridized carbons (Fsp3) is 0.412. The highest BCUT2D eigenvalue weighted by Crippen LogP contribution is 2.27. The summed E-state index contributed by atoms with van der Waals surface area (Å²) in [7, 11) is 0. The molecule has 8 heteroatoms. The third-order valence-electron chi connectivity index (χ3n) is 4.96. The molecular weight excluding hydrogens is 320 g/mol. The summed E-state index contributed by atoms with van der Waals surface area (Å²) in [5.74, 6) is 0. The lowest BCUT2D eigenvalue weighted by Crippen LogP contribution is -2.40. The molecule has 3 aromatic heterocycles. The number of nitrogens with one attached hydrogen (secondary N) is 2. The number of likely N-dealkylation sites (tertiary alicyclic amines) is 1. The largest absolute Gasteiger partial charge is 0.346 e. The van der Waals surface area contributed by atoms with Gasteiger partial charge in [-0.2, -0.15) is 5.26 Å². The van der Waals surface area contributed by atoms with E-state index in [1.54, 1.807) is 17.0 Å². The van der Waals surface area contributed by atoms with Crippen LogP contribution in [0.25, 0.3) is 22.1 Å². The highest BCUT2D eigenvalue weighted by atomic mass is 16.1. The first-order valence-electron chi connectivity index (χ1n) is 8.38. The molecule has 2 unspecified atom stereocenters. The quantitative estimate of drug-likeness (QED) is 0.700. The predicted molar refractivity (Wildman–Crippen MR) is 92.1 cm³/mol. The number of aromatic nitrogens is 4. The van der Waals surface area contributed by atoms with Crippen LogP contribution in [0, 0.1) is 11.3 Å². The molecule has 1 aliphatic heterocycles. The summed E-state index contributed by atoms with van der Waals surface area (Å²) in [5, 5.41) is 10.1. The number of carbonyl (C=O) groups is 1. The van der Waals surface area contributed by atoms with Crippen LogP contribution in [0.3, 0.4) is 0 Å². The van der Waals surface area contributed by atoms with E-state index in [9.17, 15) is 14.9 Å². The Hall–Kier alpha value is -2.92. The van der Waals surface area contributed by atoms with Crippen LogP contribution in [0.2, 0.25) is 0 Å². The normalized spacial score (nSPS) is 20.4. The van der Waals surface area contributed by atoms with Crippen molar-refractivity contribution in [2.75, 3.05) is 13.1 Å². The molecule has 0 aromatic carbocycles. The molecule has 25 heavy (non-hydrogen) atoms. The van der Waals surface area contributed by atoms with E-state index in [2.05, 4.69) is 15.0 Å². The summed E-state index contributed by atoms with van der Waals surface area (Å²) in [5.41, 5.74) is 2.06. The van der Waals surface area contributed by atoms with E-state index in [4.69, 9.17) is 0 Å². The van der Waals surface area contributed by atoms with Crippen molar-refractivity contribution in [1.82, 2.24) is 24.4 Å². The minimum Gasteiger partial charge on any atom is -0.346 e. The third kappa shape index (κ3) is 2.53. The summed E-state index contributed by atoms with van der Waals surface area (Å²) < 4.78 is 1.77. The number of nitrogens with zero attached hydrogens (tertiary/aromatic N) is 4. The Morgan fingerprint density at radius 3 is 3.12 bits per heavy atom. The Morgan fingerprint density at radius 1 is 1.44 bits per heavy atom. The fourth-order valence-corrected chi connectivity index (χ4v) is 3.78. The molecule has 3 aromatic rings. The van der Waals surface area contributed by atoms with Gasteiger partial charge in [-0.15, -0.1) is 0 Å². The van der Waals surface area contributed by atoms with E-state index in [0.29, 0.717) is 24.9 Å². The van der Waals surface area contributed by atoms with Crippen molar-refractivity contribution in [2.24, 2.45) is 0 Å². The first kappa shape index (κ1) is 15.6. The average molecular weight is 338 g/mol. The number of rotatable bonds is 3. The lowest BCUT2D eigenvalue weighted by molar-refractivity contribution is -0.110. The zero-order valence-corrected chi connectivity index (χ0v) is 13.6. The maximum absolute atomic E-state index is 12.6. The summed E-state index contributed by atoms with van der Waals surface area (Å²) in [6, 6.07) is 3.08. The van der Waals surface area contributed by atoms with Crippen LogP contribution < -0.4 is 5.69 Å². The van der Waals surface area contributed by atoms with E-state index >= 15 is 0 Å². The Balaban J connectivity index is 1.84. The van der Waals surface area contributed by atoms with Crippen LogP contribution in [0.15, 0.2) is 23.3 Å². The Kier molecular flexibility index (Phi) is 3.86. The second-order valence-corrected chi connectivity index (χ2v) is 6.42. The number of pyridine rings is 1. The number of aldehydes is 1. The zero-order chi connectivity index (χ0) is 17.4. The van der Waals surface area contributed by atoms with Crippen LogP contribution in [0.5, 0.6) is 0 Å². The van der Waals surface area contributed by atoms with Gasteiger partial charge in [-0.25, -0.2) is 9.78 Å². The molecule has 2 atom stereocenters. The number of imidazole rings is 1. The first-order valence-corrected chi connectivity index (χ1v) is 8.38. The minimum atomic E-state index is -0.768. The summed E-state index contributed by atoms with van der Waals surface area (Å²) >= 11 is 0. The van der Waals surface area contributed by atoms with Gasteiger partial charge < -0.3 is 14.8 Å². The number of hydrogen-bond donors (Lipinski definition) is 2. The van der Waals surface area contributed by atoms with E-state index in [0.717, 1.165) is 35.8 Å². The molecule has 4 heterocycles. The lowest BCUT2D eigenvalue weighted by Gasteiger charge is -2.26. The molecule has 0 aliphatic carbocycles. The van der Waals surface area contributed by atoms with Crippen molar-refractivity contribution in [2.45, 2.75) is 31.3 Å². The molecule has 4 rings (SSSR count). The van der Waals surface area contributed by atoms with E-state index < -0.39 is 6.04 Å². The van der Waals surface area contributed by atoms with Crippen molar-refractivity contribution in [1.29, 1.82) is 5.26 Å². The van der Waals surface area contributed by atoms with Crippen LogP contribution in [-0.4, -0.2) is 49.8 Å². The van der Waals surface area contributed by atoms with Gasteiger partial charge in [0.05, 0.1) is 29.3 Å². The number of nitriles is 1.